The molecule has 2 rings (SSSR count). The van der Waals surface area contributed by atoms with Gasteiger partial charge in [-0.3, -0.25) is 9.78 Å². The Morgan fingerprint density at radius 2 is 2.10 bits per heavy atom. The minimum absolute atomic E-state index is 0.302. The molecule has 1 heterocycles. The number of carbonyl (C=O) groups is 1. The maximum absolute atomic E-state index is 11.8. The number of rotatable bonds is 4. The molecule has 1 amide bonds. The molecule has 0 atom stereocenters. The fourth-order valence-electron chi connectivity index (χ4n) is 1.60. The van der Waals surface area contributed by atoms with Crippen LogP contribution < -0.4 is 10.2 Å². The van der Waals surface area contributed by atoms with E-state index in [1.54, 1.807) is 25.5 Å². The number of methoxy groups -OCH3 is 1. The zero-order chi connectivity index (χ0) is 14.4. The number of amides is 1. The number of para-hydroxylation sites is 1. The van der Waals surface area contributed by atoms with Crippen LogP contribution in [0.1, 0.15) is 21.6 Å². The van der Waals surface area contributed by atoms with Crippen LogP contribution >= 0.6 is 0 Å². The highest BCUT2D eigenvalue weighted by molar-refractivity contribution is 5.94. The Kier molecular flexibility index (Phi) is 4.44. The molecule has 0 saturated heterocycles. The van der Waals surface area contributed by atoms with E-state index in [1.807, 2.05) is 31.2 Å². The molecule has 0 saturated carbocycles. The van der Waals surface area contributed by atoms with Crippen LogP contribution in [0.4, 0.5) is 0 Å². The average molecular weight is 269 g/mol. The van der Waals surface area contributed by atoms with Crippen molar-refractivity contribution in [3.8, 4) is 5.75 Å². The third-order valence-electron chi connectivity index (χ3n) is 2.68. The molecule has 0 fully saturated rings. The van der Waals surface area contributed by atoms with Crippen LogP contribution in [0, 0.1) is 6.92 Å². The topological polar surface area (TPSA) is 63.6 Å². The largest absolute Gasteiger partial charge is 0.496 e. The standard InChI is InChI=1S/C15H15N3O2/c1-11-7-8-13(9-16-11)15(19)18-17-10-12-5-3-4-6-14(12)20-2/h3-10H,1-2H3,(H,18,19). The number of aromatic nitrogens is 1. The fourth-order valence-corrected chi connectivity index (χ4v) is 1.60. The molecule has 0 spiro atoms. The Morgan fingerprint density at radius 3 is 2.80 bits per heavy atom. The number of benzene rings is 1. The summed E-state index contributed by atoms with van der Waals surface area (Å²) in [4.78, 5) is 15.9. The maximum Gasteiger partial charge on any atom is 0.272 e. The smallest absolute Gasteiger partial charge is 0.272 e. The molecule has 0 aliphatic carbocycles. The summed E-state index contributed by atoms with van der Waals surface area (Å²) in [7, 11) is 1.59. The summed E-state index contributed by atoms with van der Waals surface area (Å²) >= 11 is 0. The normalized spacial score (nSPS) is 10.5. The van der Waals surface area contributed by atoms with Crippen LogP contribution in [0.25, 0.3) is 0 Å². The number of hydrogen-bond donors (Lipinski definition) is 1. The quantitative estimate of drug-likeness (QED) is 0.683. The summed E-state index contributed by atoms with van der Waals surface area (Å²) in [5.41, 5.74) is 4.57. The maximum atomic E-state index is 11.8. The SMILES string of the molecule is COc1ccccc1C=NNC(=O)c1ccc(C)nc1. The van der Waals surface area contributed by atoms with Crippen LogP contribution in [0.5, 0.6) is 5.75 Å². The molecule has 2 aromatic rings. The number of pyridine rings is 1. The Hall–Kier alpha value is -2.69. The van der Waals surface area contributed by atoms with Gasteiger partial charge in [-0.15, -0.1) is 0 Å². The van der Waals surface area contributed by atoms with Crippen LogP contribution in [-0.2, 0) is 0 Å². The van der Waals surface area contributed by atoms with E-state index in [1.165, 1.54) is 6.20 Å². The van der Waals surface area contributed by atoms with Gasteiger partial charge < -0.3 is 4.74 Å². The lowest BCUT2D eigenvalue weighted by Gasteiger charge is -2.03. The van der Waals surface area contributed by atoms with E-state index in [9.17, 15) is 4.79 Å². The minimum Gasteiger partial charge on any atom is -0.496 e. The van der Waals surface area contributed by atoms with Gasteiger partial charge in [0, 0.05) is 17.5 Å². The highest BCUT2D eigenvalue weighted by Gasteiger charge is 2.04. The first-order chi connectivity index (χ1) is 9.70. The second-order valence-corrected chi connectivity index (χ2v) is 4.13. The van der Waals surface area contributed by atoms with Crippen molar-refractivity contribution in [3.63, 3.8) is 0 Å². The number of nitrogens with zero attached hydrogens (tertiary/aromatic N) is 2. The number of aryl methyl sites for hydroxylation is 1. The van der Waals surface area contributed by atoms with Crippen molar-refractivity contribution in [2.45, 2.75) is 6.92 Å². The summed E-state index contributed by atoms with van der Waals surface area (Å²) in [6, 6.07) is 10.9. The molecule has 0 radical (unpaired) electrons. The molecular formula is C15H15N3O2. The lowest BCUT2D eigenvalue weighted by Crippen LogP contribution is -2.17. The highest BCUT2D eigenvalue weighted by atomic mass is 16.5. The van der Waals surface area contributed by atoms with E-state index in [-0.39, 0.29) is 5.91 Å². The Labute approximate surface area is 117 Å². The predicted octanol–water partition coefficient (Wildman–Crippen LogP) is 2.16. The van der Waals surface area contributed by atoms with Gasteiger partial charge in [-0.1, -0.05) is 12.1 Å². The van der Waals surface area contributed by atoms with Gasteiger partial charge in [0.05, 0.1) is 18.9 Å². The lowest BCUT2D eigenvalue weighted by atomic mass is 10.2. The van der Waals surface area contributed by atoms with Gasteiger partial charge in [0.15, 0.2) is 0 Å². The molecule has 1 N–H and O–H groups in total. The number of hydrazone groups is 1. The third kappa shape index (κ3) is 3.41. The van der Waals surface area contributed by atoms with Crippen molar-refractivity contribution in [1.29, 1.82) is 0 Å². The molecule has 102 valence electrons. The van der Waals surface area contributed by atoms with Crippen molar-refractivity contribution in [3.05, 3.63) is 59.4 Å². The van der Waals surface area contributed by atoms with E-state index in [0.717, 1.165) is 11.3 Å². The molecule has 0 unspecified atom stereocenters. The van der Waals surface area contributed by atoms with Gasteiger partial charge in [-0.25, -0.2) is 5.43 Å². The van der Waals surface area contributed by atoms with Crippen molar-refractivity contribution in [1.82, 2.24) is 10.4 Å². The minimum atomic E-state index is -0.302. The third-order valence-corrected chi connectivity index (χ3v) is 2.68. The van der Waals surface area contributed by atoms with E-state index >= 15 is 0 Å². The average Bonchev–Trinajstić information content (AvgIpc) is 2.48. The van der Waals surface area contributed by atoms with Crippen LogP contribution in [0.2, 0.25) is 0 Å². The summed E-state index contributed by atoms with van der Waals surface area (Å²) < 4.78 is 5.19. The number of hydrogen-bond acceptors (Lipinski definition) is 4. The van der Waals surface area contributed by atoms with E-state index in [2.05, 4.69) is 15.5 Å². The van der Waals surface area contributed by atoms with Gasteiger partial charge in [0.2, 0.25) is 0 Å². The summed E-state index contributed by atoms with van der Waals surface area (Å²) in [6.07, 6.45) is 3.06. The van der Waals surface area contributed by atoms with E-state index < -0.39 is 0 Å². The molecule has 5 nitrogen and oxygen atoms in total. The van der Waals surface area contributed by atoms with Gasteiger partial charge in [-0.2, -0.15) is 5.10 Å². The van der Waals surface area contributed by atoms with E-state index in [4.69, 9.17) is 4.74 Å². The predicted molar refractivity (Wildman–Crippen MR) is 77.0 cm³/mol. The zero-order valence-electron chi connectivity index (χ0n) is 11.3. The highest BCUT2D eigenvalue weighted by Crippen LogP contribution is 2.14. The van der Waals surface area contributed by atoms with Crippen LogP contribution in [0.15, 0.2) is 47.7 Å². The molecule has 0 bridgehead atoms. The second kappa shape index (κ2) is 6.47. The Balaban J connectivity index is 2.02. The summed E-state index contributed by atoms with van der Waals surface area (Å²) in [5.74, 6) is 0.395. The summed E-state index contributed by atoms with van der Waals surface area (Å²) in [6.45, 7) is 1.86. The fraction of sp³-hybridized carbons (Fsp3) is 0.133. The summed E-state index contributed by atoms with van der Waals surface area (Å²) in [5, 5.41) is 3.92. The van der Waals surface area contributed by atoms with Gasteiger partial charge in [0.25, 0.3) is 5.91 Å². The van der Waals surface area contributed by atoms with Crippen LogP contribution in [-0.4, -0.2) is 24.2 Å². The van der Waals surface area contributed by atoms with Crippen LogP contribution in [0.3, 0.4) is 0 Å². The molecule has 0 aliphatic rings. The number of nitrogens with one attached hydrogen (secondary N) is 1. The van der Waals surface area contributed by atoms with Crippen molar-refractivity contribution in [2.75, 3.05) is 7.11 Å². The van der Waals surface area contributed by atoms with Crippen molar-refractivity contribution in [2.24, 2.45) is 5.10 Å². The molecule has 0 aliphatic heterocycles. The van der Waals surface area contributed by atoms with Gasteiger partial charge >= 0.3 is 0 Å². The number of ether oxygens (including phenoxy) is 1. The first-order valence-corrected chi connectivity index (χ1v) is 6.10. The molecule has 5 heteroatoms. The first-order valence-electron chi connectivity index (χ1n) is 6.10. The number of carbonyl (C=O) groups excluding carboxylic acids is 1. The first kappa shape index (κ1) is 13.7. The molecular weight excluding hydrogens is 254 g/mol. The molecule has 1 aromatic carbocycles. The second-order valence-electron chi connectivity index (χ2n) is 4.13. The van der Waals surface area contributed by atoms with Crippen molar-refractivity contribution < 1.29 is 9.53 Å². The zero-order valence-corrected chi connectivity index (χ0v) is 11.3. The lowest BCUT2D eigenvalue weighted by molar-refractivity contribution is 0.0955. The van der Waals surface area contributed by atoms with Crippen molar-refractivity contribution >= 4 is 12.1 Å². The molecule has 1 aromatic heterocycles. The van der Waals surface area contributed by atoms with Gasteiger partial charge in [0.1, 0.15) is 5.75 Å². The van der Waals surface area contributed by atoms with Gasteiger partial charge in [-0.05, 0) is 31.2 Å². The Morgan fingerprint density at radius 1 is 1.30 bits per heavy atom. The monoisotopic (exact) mass is 269 g/mol. The molecule has 20 heavy (non-hydrogen) atoms. The Bertz CT molecular complexity index is 621. The van der Waals surface area contributed by atoms with E-state index in [0.29, 0.717) is 11.3 Å².